The van der Waals surface area contributed by atoms with Gasteiger partial charge in [-0.2, -0.15) is 0 Å². The second kappa shape index (κ2) is 8.89. The monoisotopic (exact) mass is 494 g/mol. The van der Waals surface area contributed by atoms with Crippen LogP contribution < -0.4 is 10.2 Å². The molecule has 0 fully saturated rings. The first-order chi connectivity index (χ1) is 16.8. The number of fused-ring (bicyclic) bond motifs is 4. The van der Waals surface area contributed by atoms with E-state index in [2.05, 4.69) is 0 Å². The van der Waals surface area contributed by atoms with Gasteiger partial charge in [-0.3, -0.25) is 4.79 Å². The minimum atomic E-state index is -0.616. The number of benzene rings is 2. The van der Waals surface area contributed by atoms with Gasteiger partial charge in [-0.25, -0.2) is 0 Å². The largest absolute Gasteiger partial charge is 0.507 e. The summed E-state index contributed by atoms with van der Waals surface area (Å²) in [6.45, 7) is 11.5. The topological polar surface area (TPSA) is 109 Å². The van der Waals surface area contributed by atoms with Crippen LogP contribution in [0.15, 0.2) is 33.0 Å². The smallest absolute Gasteiger partial charge is 0.204 e. The maximum atomic E-state index is 14.0. The molecule has 4 rings (SSSR count). The van der Waals surface area contributed by atoms with Crippen molar-refractivity contribution in [1.29, 1.82) is 0 Å². The zero-order valence-corrected chi connectivity index (χ0v) is 21.9. The Kier molecular flexibility index (Phi) is 6.33. The molecule has 0 bridgehead atoms. The van der Waals surface area contributed by atoms with Crippen molar-refractivity contribution < 1.29 is 29.2 Å². The summed E-state index contributed by atoms with van der Waals surface area (Å²) in [7, 11) is 1.59. The maximum Gasteiger partial charge on any atom is 0.204 e. The molecule has 192 valence electrons. The van der Waals surface area contributed by atoms with Crippen LogP contribution >= 0.6 is 0 Å². The molecule has 7 nitrogen and oxygen atoms in total. The molecule has 2 aromatic carbocycles. The quantitative estimate of drug-likeness (QED) is 0.215. The molecule has 1 aliphatic rings. The van der Waals surface area contributed by atoms with E-state index in [0.29, 0.717) is 29.7 Å². The maximum absolute atomic E-state index is 14.0. The van der Waals surface area contributed by atoms with E-state index in [1.807, 2.05) is 59.8 Å². The molecule has 0 unspecified atom stereocenters. The second-order valence-corrected chi connectivity index (χ2v) is 10.8. The second-order valence-electron chi connectivity index (χ2n) is 10.8. The average molecular weight is 495 g/mol. The van der Waals surface area contributed by atoms with E-state index in [0.717, 1.165) is 5.57 Å². The molecule has 0 radical (unpaired) electrons. The summed E-state index contributed by atoms with van der Waals surface area (Å²) in [5.41, 5.74) is 1.02. The predicted octanol–water partition coefficient (Wildman–Crippen LogP) is 6.11. The van der Waals surface area contributed by atoms with Crippen LogP contribution in [0, 0.1) is 0 Å². The zero-order chi connectivity index (χ0) is 26.6. The summed E-state index contributed by atoms with van der Waals surface area (Å²) >= 11 is 0. The highest BCUT2D eigenvalue weighted by molar-refractivity contribution is 6.02. The SMILES string of the molecule is COC(C)(C)CCc1c(O)c(O)cc2oc3c4c(c(CC=C(C)C)c(O)c3c(=O)c12)OC(C)(C)C=C4. The van der Waals surface area contributed by atoms with Gasteiger partial charge >= 0.3 is 0 Å². The Morgan fingerprint density at radius 2 is 1.81 bits per heavy atom. The summed E-state index contributed by atoms with van der Waals surface area (Å²) < 4.78 is 17.9. The van der Waals surface area contributed by atoms with Crippen LogP contribution in [0.2, 0.25) is 0 Å². The van der Waals surface area contributed by atoms with Crippen LogP contribution in [0.4, 0.5) is 0 Å². The van der Waals surface area contributed by atoms with Crippen molar-refractivity contribution in [3.63, 3.8) is 0 Å². The molecular weight excluding hydrogens is 460 g/mol. The van der Waals surface area contributed by atoms with E-state index in [1.165, 1.54) is 6.07 Å². The fraction of sp³-hybridized carbons (Fsp3) is 0.414. The summed E-state index contributed by atoms with van der Waals surface area (Å²) in [5, 5.41) is 32.7. The Hall–Kier alpha value is -3.45. The van der Waals surface area contributed by atoms with Crippen molar-refractivity contribution in [3.05, 3.63) is 50.7 Å². The van der Waals surface area contributed by atoms with E-state index < -0.39 is 16.6 Å². The van der Waals surface area contributed by atoms with E-state index >= 15 is 0 Å². The van der Waals surface area contributed by atoms with Crippen LogP contribution in [-0.2, 0) is 17.6 Å². The number of phenols is 3. The molecule has 2 heterocycles. The van der Waals surface area contributed by atoms with Crippen molar-refractivity contribution in [2.75, 3.05) is 7.11 Å². The molecule has 0 spiro atoms. The highest BCUT2D eigenvalue weighted by Crippen LogP contribution is 2.46. The third kappa shape index (κ3) is 4.44. The Balaban J connectivity index is 2.10. The van der Waals surface area contributed by atoms with E-state index in [9.17, 15) is 20.1 Å². The lowest BCUT2D eigenvalue weighted by molar-refractivity contribution is 0.0157. The van der Waals surface area contributed by atoms with Gasteiger partial charge < -0.3 is 29.2 Å². The minimum Gasteiger partial charge on any atom is -0.507 e. The van der Waals surface area contributed by atoms with Crippen molar-refractivity contribution in [2.24, 2.45) is 0 Å². The molecular formula is C29H34O7. The fourth-order valence-electron chi connectivity index (χ4n) is 4.45. The Bertz CT molecular complexity index is 1480. The number of allylic oxidation sites excluding steroid dienone is 2. The molecule has 0 saturated carbocycles. The van der Waals surface area contributed by atoms with Gasteiger partial charge in [-0.15, -0.1) is 0 Å². The van der Waals surface area contributed by atoms with Gasteiger partial charge in [0.15, 0.2) is 17.1 Å². The number of aromatic hydroxyl groups is 3. The van der Waals surface area contributed by atoms with Crippen LogP contribution in [0.1, 0.15) is 64.7 Å². The number of methoxy groups -OCH3 is 1. The van der Waals surface area contributed by atoms with Crippen molar-refractivity contribution >= 4 is 28.0 Å². The van der Waals surface area contributed by atoms with Crippen LogP contribution in [-0.4, -0.2) is 33.6 Å². The van der Waals surface area contributed by atoms with Crippen LogP contribution in [0.3, 0.4) is 0 Å². The molecule has 0 atom stereocenters. The zero-order valence-electron chi connectivity index (χ0n) is 21.9. The third-order valence-electron chi connectivity index (χ3n) is 6.78. The van der Waals surface area contributed by atoms with Crippen molar-refractivity contribution in [2.45, 2.75) is 72.0 Å². The Morgan fingerprint density at radius 1 is 1.11 bits per heavy atom. The number of hydrogen-bond donors (Lipinski definition) is 3. The highest BCUT2D eigenvalue weighted by Gasteiger charge is 2.31. The Labute approximate surface area is 210 Å². The van der Waals surface area contributed by atoms with Gasteiger partial charge in [0.25, 0.3) is 0 Å². The molecule has 0 aliphatic carbocycles. The van der Waals surface area contributed by atoms with Crippen LogP contribution in [0.25, 0.3) is 28.0 Å². The first-order valence-corrected chi connectivity index (χ1v) is 12.0. The molecule has 1 aromatic heterocycles. The normalized spacial score (nSPS) is 14.6. The predicted molar refractivity (Wildman–Crippen MR) is 141 cm³/mol. The Morgan fingerprint density at radius 3 is 2.44 bits per heavy atom. The number of hydrogen-bond acceptors (Lipinski definition) is 7. The van der Waals surface area contributed by atoms with Gasteiger partial charge in [-0.05, 0) is 73.0 Å². The van der Waals surface area contributed by atoms with Crippen LogP contribution in [0.5, 0.6) is 23.0 Å². The van der Waals surface area contributed by atoms with Gasteiger partial charge in [0.05, 0.1) is 16.6 Å². The number of aryl methyl sites for hydroxylation is 1. The lowest BCUT2D eigenvalue weighted by atomic mass is 9.92. The minimum absolute atomic E-state index is 0.0173. The van der Waals surface area contributed by atoms with E-state index in [4.69, 9.17) is 13.9 Å². The lowest BCUT2D eigenvalue weighted by Gasteiger charge is -2.30. The molecule has 1 aliphatic heterocycles. The summed E-state index contributed by atoms with van der Waals surface area (Å²) in [5.74, 6) is -0.522. The number of rotatable bonds is 6. The average Bonchev–Trinajstić information content (AvgIpc) is 2.78. The van der Waals surface area contributed by atoms with Gasteiger partial charge in [0, 0.05) is 24.3 Å². The summed E-state index contributed by atoms with van der Waals surface area (Å²) in [4.78, 5) is 14.0. The fourth-order valence-corrected chi connectivity index (χ4v) is 4.45. The summed E-state index contributed by atoms with van der Waals surface area (Å²) in [6, 6.07) is 1.23. The summed E-state index contributed by atoms with van der Waals surface area (Å²) in [6.07, 6.45) is 6.75. The molecule has 7 heteroatoms. The first kappa shape index (κ1) is 25.6. The number of phenolic OH excluding ortho intramolecular Hbond substituents is 3. The molecule has 0 saturated heterocycles. The molecule has 3 N–H and O–H groups in total. The highest BCUT2D eigenvalue weighted by atomic mass is 16.5. The standard InChI is InChI=1S/C29H34O7/c1-15(2)8-9-17-24(32)22-25(33)21-16(10-12-28(3,4)34-7)23(31)19(30)14-20(21)35-27(22)18-11-13-29(5,6)36-26(17)18/h8,11,13-14,30-32H,9-10,12H2,1-7H3. The van der Waals surface area contributed by atoms with Gasteiger partial charge in [-0.1, -0.05) is 11.6 Å². The lowest BCUT2D eigenvalue weighted by Crippen LogP contribution is -2.28. The molecule has 0 amide bonds. The molecule has 3 aromatic rings. The van der Waals surface area contributed by atoms with Crippen molar-refractivity contribution in [3.8, 4) is 23.0 Å². The number of ether oxygens (including phenoxy) is 2. The van der Waals surface area contributed by atoms with E-state index in [-0.39, 0.29) is 51.2 Å². The third-order valence-corrected chi connectivity index (χ3v) is 6.78. The first-order valence-electron chi connectivity index (χ1n) is 12.0. The van der Waals surface area contributed by atoms with Crippen molar-refractivity contribution in [1.82, 2.24) is 0 Å². The van der Waals surface area contributed by atoms with Gasteiger partial charge in [0.1, 0.15) is 28.1 Å². The molecule has 36 heavy (non-hydrogen) atoms. The van der Waals surface area contributed by atoms with Gasteiger partial charge in [0.2, 0.25) is 5.43 Å². The van der Waals surface area contributed by atoms with E-state index in [1.54, 1.807) is 7.11 Å².